The number of methoxy groups -OCH3 is 1. The number of sulfonamides is 1. The number of benzene rings is 1. The van der Waals surface area contributed by atoms with Gasteiger partial charge in [-0.1, -0.05) is 6.07 Å². The number of rotatable bonds is 6. The largest absolute Gasteiger partial charge is 0.495 e. The predicted molar refractivity (Wildman–Crippen MR) is 79.2 cm³/mol. The van der Waals surface area contributed by atoms with Crippen molar-refractivity contribution in [2.45, 2.75) is 18.0 Å². The van der Waals surface area contributed by atoms with E-state index in [1.807, 2.05) is 16.8 Å². The van der Waals surface area contributed by atoms with Gasteiger partial charge in [-0.2, -0.15) is 11.3 Å². The number of ether oxygens (including phenoxy) is 1. The smallest absolute Gasteiger partial charge is 0.244 e. The minimum atomic E-state index is -3.62. The van der Waals surface area contributed by atoms with Gasteiger partial charge in [-0.15, -0.1) is 0 Å². The molecule has 1 heterocycles. The van der Waals surface area contributed by atoms with Gasteiger partial charge in [0.15, 0.2) is 0 Å². The summed E-state index contributed by atoms with van der Waals surface area (Å²) in [6, 6.07) is 6.71. The van der Waals surface area contributed by atoms with E-state index in [1.54, 1.807) is 12.1 Å². The molecule has 5 nitrogen and oxygen atoms in total. The molecule has 0 bridgehead atoms. The van der Waals surface area contributed by atoms with Gasteiger partial charge in [0, 0.05) is 13.1 Å². The maximum Gasteiger partial charge on any atom is 0.244 e. The van der Waals surface area contributed by atoms with Crippen molar-refractivity contribution in [2.75, 3.05) is 7.11 Å². The summed E-state index contributed by atoms with van der Waals surface area (Å²) in [5, 5.41) is 3.80. The van der Waals surface area contributed by atoms with Crippen LogP contribution in [0.25, 0.3) is 0 Å². The summed E-state index contributed by atoms with van der Waals surface area (Å²) in [6.45, 7) is 0.590. The number of hydrogen-bond donors (Lipinski definition) is 2. The molecule has 3 N–H and O–H groups in total. The van der Waals surface area contributed by atoms with Crippen LogP contribution >= 0.6 is 11.3 Å². The molecule has 0 saturated heterocycles. The number of hydrogen-bond acceptors (Lipinski definition) is 5. The molecule has 0 aliphatic heterocycles. The normalized spacial score (nSPS) is 11.5. The number of nitrogens with two attached hydrogens (primary N) is 1. The van der Waals surface area contributed by atoms with Gasteiger partial charge in [-0.05, 0) is 40.1 Å². The van der Waals surface area contributed by atoms with Crippen molar-refractivity contribution < 1.29 is 13.2 Å². The molecule has 20 heavy (non-hydrogen) atoms. The van der Waals surface area contributed by atoms with Crippen LogP contribution in [0.5, 0.6) is 5.75 Å². The summed E-state index contributed by atoms with van der Waals surface area (Å²) < 4.78 is 32.3. The maximum atomic E-state index is 12.3. The molecule has 0 saturated carbocycles. The Morgan fingerprint density at radius 3 is 2.70 bits per heavy atom. The molecule has 1 aromatic heterocycles. The summed E-state index contributed by atoms with van der Waals surface area (Å²) >= 11 is 1.53. The van der Waals surface area contributed by atoms with E-state index in [1.165, 1.54) is 24.5 Å². The Hall–Kier alpha value is -1.41. The van der Waals surface area contributed by atoms with Crippen LogP contribution in [0.3, 0.4) is 0 Å². The zero-order chi connectivity index (χ0) is 14.6. The highest BCUT2D eigenvalue weighted by atomic mass is 32.2. The molecule has 108 valence electrons. The lowest BCUT2D eigenvalue weighted by Crippen LogP contribution is -2.23. The predicted octanol–water partition coefficient (Wildman–Crippen LogP) is 1.69. The fourth-order valence-corrected chi connectivity index (χ4v) is 3.55. The molecular formula is C13H16N2O3S2. The molecule has 2 aromatic rings. The first kappa shape index (κ1) is 15.0. The third-order valence-corrected chi connectivity index (χ3v) is 4.97. The van der Waals surface area contributed by atoms with E-state index < -0.39 is 10.0 Å². The van der Waals surface area contributed by atoms with Crippen LogP contribution in [-0.2, 0) is 23.1 Å². The number of nitrogens with one attached hydrogen (secondary N) is 1. The first-order valence-electron chi connectivity index (χ1n) is 5.94. The average molecular weight is 312 g/mol. The van der Waals surface area contributed by atoms with E-state index in [0.29, 0.717) is 12.3 Å². The van der Waals surface area contributed by atoms with Crippen LogP contribution in [0, 0.1) is 0 Å². The SMILES string of the molecule is COc1cc(CN)ccc1S(=O)(=O)NCc1ccsc1. The lowest BCUT2D eigenvalue weighted by molar-refractivity contribution is 0.401. The van der Waals surface area contributed by atoms with Crippen LogP contribution in [-0.4, -0.2) is 15.5 Å². The Bertz CT molecular complexity index is 667. The highest BCUT2D eigenvalue weighted by molar-refractivity contribution is 7.89. The quantitative estimate of drug-likeness (QED) is 0.850. The third-order valence-electron chi connectivity index (χ3n) is 2.80. The summed E-state index contributed by atoms with van der Waals surface area (Å²) in [4.78, 5) is 0.118. The van der Waals surface area contributed by atoms with E-state index in [4.69, 9.17) is 10.5 Å². The Kier molecular flexibility index (Phi) is 4.77. The van der Waals surface area contributed by atoms with Crippen molar-refractivity contribution >= 4 is 21.4 Å². The second kappa shape index (κ2) is 6.36. The van der Waals surface area contributed by atoms with Crippen molar-refractivity contribution in [3.63, 3.8) is 0 Å². The van der Waals surface area contributed by atoms with Crippen molar-refractivity contribution in [1.82, 2.24) is 4.72 Å². The van der Waals surface area contributed by atoms with Crippen molar-refractivity contribution in [2.24, 2.45) is 5.73 Å². The van der Waals surface area contributed by atoms with E-state index in [0.717, 1.165) is 11.1 Å². The Morgan fingerprint density at radius 1 is 1.30 bits per heavy atom. The van der Waals surface area contributed by atoms with Gasteiger partial charge in [-0.25, -0.2) is 13.1 Å². The van der Waals surface area contributed by atoms with Crippen molar-refractivity contribution in [3.8, 4) is 5.75 Å². The fraction of sp³-hybridized carbons (Fsp3) is 0.231. The average Bonchev–Trinajstić information content (AvgIpc) is 2.97. The van der Waals surface area contributed by atoms with Crippen LogP contribution in [0.2, 0.25) is 0 Å². The second-order valence-corrected chi connectivity index (χ2v) is 6.66. The zero-order valence-corrected chi connectivity index (χ0v) is 12.6. The Labute approximate surface area is 122 Å². The van der Waals surface area contributed by atoms with Crippen LogP contribution in [0.15, 0.2) is 39.9 Å². The van der Waals surface area contributed by atoms with Crippen LogP contribution in [0.1, 0.15) is 11.1 Å². The molecule has 0 spiro atoms. The Balaban J connectivity index is 2.24. The molecule has 0 fully saturated rings. The standard InChI is InChI=1S/C13H16N2O3S2/c1-18-12-6-10(7-14)2-3-13(12)20(16,17)15-8-11-4-5-19-9-11/h2-6,9,15H,7-8,14H2,1H3. The van der Waals surface area contributed by atoms with Gasteiger partial charge in [0.25, 0.3) is 0 Å². The first-order chi connectivity index (χ1) is 9.56. The summed E-state index contributed by atoms with van der Waals surface area (Å²) in [6.07, 6.45) is 0. The van der Waals surface area contributed by atoms with Gasteiger partial charge in [0.05, 0.1) is 7.11 Å². The monoisotopic (exact) mass is 312 g/mol. The molecule has 2 rings (SSSR count). The van der Waals surface area contributed by atoms with Gasteiger partial charge in [0.1, 0.15) is 10.6 Å². The van der Waals surface area contributed by atoms with Crippen LogP contribution < -0.4 is 15.2 Å². The summed E-state index contributed by atoms with van der Waals surface area (Å²) in [5.74, 6) is 0.297. The molecule has 0 aliphatic rings. The highest BCUT2D eigenvalue weighted by Crippen LogP contribution is 2.25. The van der Waals surface area contributed by atoms with Crippen LogP contribution in [0.4, 0.5) is 0 Å². The number of thiophene rings is 1. The third kappa shape index (κ3) is 3.37. The zero-order valence-electron chi connectivity index (χ0n) is 11.0. The minimum absolute atomic E-state index is 0.118. The fourth-order valence-electron chi connectivity index (χ4n) is 1.71. The highest BCUT2D eigenvalue weighted by Gasteiger charge is 2.19. The van der Waals surface area contributed by atoms with Gasteiger partial charge >= 0.3 is 0 Å². The van der Waals surface area contributed by atoms with E-state index in [-0.39, 0.29) is 11.4 Å². The lowest BCUT2D eigenvalue weighted by atomic mass is 10.2. The molecule has 0 amide bonds. The van der Waals surface area contributed by atoms with Gasteiger partial charge < -0.3 is 10.5 Å². The summed E-state index contributed by atoms with van der Waals surface area (Å²) in [5.41, 5.74) is 7.28. The van der Waals surface area contributed by atoms with E-state index in [2.05, 4.69) is 4.72 Å². The first-order valence-corrected chi connectivity index (χ1v) is 8.37. The van der Waals surface area contributed by atoms with Crippen molar-refractivity contribution in [3.05, 3.63) is 46.2 Å². The van der Waals surface area contributed by atoms with Gasteiger partial charge in [0.2, 0.25) is 10.0 Å². The van der Waals surface area contributed by atoms with Crippen molar-refractivity contribution in [1.29, 1.82) is 0 Å². The second-order valence-electron chi connectivity index (χ2n) is 4.15. The molecule has 0 aliphatic carbocycles. The Morgan fingerprint density at radius 2 is 2.10 bits per heavy atom. The van der Waals surface area contributed by atoms with E-state index >= 15 is 0 Å². The molecule has 0 radical (unpaired) electrons. The minimum Gasteiger partial charge on any atom is -0.495 e. The molecular weight excluding hydrogens is 296 g/mol. The van der Waals surface area contributed by atoms with Gasteiger partial charge in [-0.3, -0.25) is 0 Å². The molecule has 0 atom stereocenters. The molecule has 0 unspecified atom stereocenters. The topological polar surface area (TPSA) is 81.4 Å². The van der Waals surface area contributed by atoms with E-state index in [9.17, 15) is 8.42 Å². The summed E-state index contributed by atoms with van der Waals surface area (Å²) in [7, 11) is -2.18. The molecule has 7 heteroatoms. The maximum absolute atomic E-state index is 12.3. The molecule has 1 aromatic carbocycles. The lowest BCUT2D eigenvalue weighted by Gasteiger charge is -2.11.